The number of aromatic nitrogens is 3. The van der Waals surface area contributed by atoms with Crippen molar-refractivity contribution in [2.45, 2.75) is 32.2 Å². The standard InChI is InChI=1S/C27H31F2N5O2/c1-3-19-13-20(18-36-12-11-35-2)17-32(16-19)25-15-30-34-10-8-26(31-27(25)34)33-9-4-5-24(33)22-14-21(28)6-7-23(22)29/h6-8,10,13-15,17,24H,3-5,9,11-12,16,18H2,1-2H3/t24-/m1/s1. The molecule has 1 aromatic carbocycles. The maximum Gasteiger partial charge on any atom is 0.181 e. The molecule has 1 fully saturated rings. The average molecular weight is 496 g/mol. The van der Waals surface area contributed by atoms with Crippen LogP contribution in [0, 0.1) is 11.6 Å². The maximum atomic E-state index is 14.6. The van der Waals surface area contributed by atoms with E-state index in [4.69, 9.17) is 14.5 Å². The fraction of sp³-hybridized carbons (Fsp3) is 0.407. The van der Waals surface area contributed by atoms with Crippen LogP contribution in [0.15, 0.2) is 60.1 Å². The van der Waals surface area contributed by atoms with Crippen LogP contribution in [0.25, 0.3) is 5.65 Å². The highest BCUT2D eigenvalue weighted by molar-refractivity contribution is 5.72. The predicted molar refractivity (Wildman–Crippen MR) is 135 cm³/mol. The Morgan fingerprint density at radius 1 is 1.17 bits per heavy atom. The Bertz CT molecular complexity index is 1290. The van der Waals surface area contributed by atoms with Gasteiger partial charge in [-0.3, -0.25) is 0 Å². The summed E-state index contributed by atoms with van der Waals surface area (Å²) in [5.41, 5.74) is 4.34. The largest absolute Gasteiger partial charge is 0.382 e. The summed E-state index contributed by atoms with van der Waals surface area (Å²) in [7, 11) is 1.66. The van der Waals surface area contributed by atoms with Gasteiger partial charge in [0.1, 0.15) is 23.1 Å². The number of hydrogen-bond acceptors (Lipinski definition) is 6. The van der Waals surface area contributed by atoms with Gasteiger partial charge in [0.2, 0.25) is 0 Å². The van der Waals surface area contributed by atoms with Gasteiger partial charge in [-0.1, -0.05) is 18.6 Å². The van der Waals surface area contributed by atoms with E-state index in [-0.39, 0.29) is 6.04 Å². The molecule has 190 valence electrons. The summed E-state index contributed by atoms with van der Waals surface area (Å²) < 4.78 is 41.1. The summed E-state index contributed by atoms with van der Waals surface area (Å²) >= 11 is 0. The van der Waals surface area contributed by atoms with Gasteiger partial charge in [-0.25, -0.2) is 18.3 Å². The lowest BCUT2D eigenvalue weighted by Gasteiger charge is -2.28. The summed E-state index contributed by atoms with van der Waals surface area (Å²) in [4.78, 5) is 9.17. The van der Waals surface area contributed by atoms with Crippen molar-refractivity contribution in [3.63, 3.8) is 0 Å². The molecule has 3 aromatic rings. The normalized spacial score (nSPS) is 18.2. The van der Waals surface area contributed by atoms with Crippen molar-refractivity contribution in [3.8, 4) is 0 Å². The number of anilines is 2. The number of rotatable bonds is 9. The van der Waals surface area contributed by atoms with Crippen LogP contribution in [-0.4, -0.2) is 54.6 Å². The van der Waals surface area contributed by atoms with Gasteiger partial charge < -0.3 is 19.3 Å². The number of benzene rings is 1. The third kappa shape index (κ3) is 4.99. The first kappa shape index (κ1) is 24.4. The highest BCUT2D eigenvalue weighted by Crippen LogP contribution is 2.37. The van der Waals surface area contributed by atoms with Crippen LogP contribution >= 0.6 is 0 Å². The first-order valence-electron chi connectivity index (χ1n) is 12.4. The van der Waals surface area contributed by atoms with Crippen LogP contribution in [0.3, 0.4) is 0 Å². The van der Waals surface area contributed by atoms with E-state index in [2.05, 4.69) is 34.1 Å². The second-order valence-corrected chi connectivity index (χ2v) is 9.13. The minimum atomic E-state index is -0.432. The van der Waals surface area contributed by atoms with Crippen molar-refractivity contribution < 1.29 is 18.3 Å². The van der Waals surface area contributed by atoms with E-state index in [9.17, 15) is 8.78 Å². The topological polar surface area (TPSA) is 55.1 Å². The molecule has 0 aliphatic carbocycles. The molecule has 0 bridgehead atoms. The first-order valence-corrected chi connectivity index (χ1v) is 12.4. The Kier molecular flexibility index (Phi) is 7.29. The zero-order chi connectivity index (χ0) is 25.1. The van der Waals surface area contributed by atoms with Crippen LogP contribution in [0.5, 0.6) is 0 Å². The number of nitrogens with zero attached hydrogens (tertiary/aromatic N) is 5. The molecule has 7 nitrogen and oxygen atoms in total. The van der Waals surface area contributed by atoms with Crippen molar-refractivity contribution >= 4 is 17.2 Å². The van der Waals surface area contributed by atoms with Gasteiger partial charge in [-0.05, 0) is 49.1 Å². The molecule has 2 aliphatic rings. The van der Waals surface area contributed by atoms with E-state index in [1.54, 1.807) is 11.6 Å². The summed E-state index contributed by atoms with van der Waals surface area (Å²) in [6.07, 6.45) is 10.5. The molecule has 2 aromatic heterocycles. The molecule has 0 saturated carbocycles. The van der Waals surface area contributed by atoms with Gasteiger partial charge in [0, 0.05) is 38.2 Å². The highest BCUT2D eigenvalue weighted by Gasteiger charge is 2.30. The van der Waals surface area contributed by atoms with E-state index in [0.29, 0.717) is 31.0 Å². The molecule has 2 aliphatic heterocycles. The Labute approximate surface area is 209 Å². The van der Waals surface area contributed by atoms with E-state index in [1.165, 1.54) is 17.7 Å². The minimum absolute atomic E-state index is 0.262. The predicted octanol–water partition coefficient (Wildman–Crippen LogP) is 5.05. The lowest BCUT2D eigenvalue weighted by Crippen LogP contribution is -2.25. The molecule has 0 radical (unpaired) electrons. The smallest absolute Gasteiger partial charge is 0.181 e. The van der Waals surface area contributed by atoms with Crippen molar-refractivity contribution in [3.05, 3.63) is 77.3 Å². The molecule has 9 heteroatoms. The van der Waals surface area contributed by atoms with Gasteiger partial charge in [-0.15, -0.1) is 0 Å². The lowest BCUT2D eigenvalue weighted by atomic mass is 10.0. The van der Waals surface area contributed by atoms with E-state index in [1.807, 2.05) is 18.5 Å². The van der Waals surface area contributed by atoms with Crippen LogP contribution in [0.2, 0.25) is 0 Å². The monoisotopic (exact) mass is 495 g/mol. The van der Waals surface area contributed by atoms with Crippen LogP contribution in [-0.2, 0) is 9.47 Å². The van der Waals surface area contributed by atoms with E-state index < -0.39 is 11.6 Å². The molecule has 0 N–H and O–H groups in total. The SMILES string of the molecule is CCC1=CC(COCCOC)=CN(c2cnn3ccc(N4CCC[C@@H]4c4cc(F)ccc4F)nc23)C1. The summed E-state index contributed by atoms with van der Waals surface area (Å²) in [6.45, 7) is 5.20. The van der Waals surface area contributed by atoms with Gasteiger partial charge in [-0.2, -0.15) is 5.10 Å². The van der Waals surface area contributed by atoms with Crippen molar-refractivity contribution in [2.24, 2.45) is 0 Å². The molecule has 1 atom stereocenters. The molecule has 4 heterocycles. The molecule has 0 amide bonds. The van der Waals surface area contributed by atoms with Gasteiger partial charge in [0.05, 0.1) is 32.1 Å². The number of ether oxygens (including phenoxy) is 2. The average Bonchev–Trinajstić information content (AvgIpc) is 3.55. The second kappa shape index (κ2) is 10.8. The number of methoxy groups -OCH3 is 1. The Morgan fingerprint density at radius 3 is 2.89 bits per heavy atom. The van der Waals surface area contributed by atoms with Crippen LogP contribution in [0.4, 0.5) is 20.3 Å². The summed E-state index contributed by atoms with van der Waals surface area (Å²) in [5, 5.41) is 4.51. The highest BCUT2D eigenvalue weighted by atomic mass is 19.1. The fourth-order valence-electron chi connectivity index (χ4n) is 4.93. The Balaban J connectivity index is 1.44. The number of halogens is 2. The zero-order valence-electron chi connectivity index (χ0n) is 20.7. The number of fused-ring (bicyclic) bond motifs is 1. The van der Waals surface area contributed by atoms with E-state index >= 15 is 0 Å². The quantitative estimate of drug-likeness (QED) is 0.387. The first-order chi connectivity index (χ1) is 17.6. The van der Waals surface area contributed by atoms with Crippen molar-refractivity contribution in [2.75, 3.05) is 49.8 Å². The van der Waals surface area contributed by atoms with Crippen molar-refractivity contribution in [1.82, 2.24) is 14.6 Å². The molecule has 0 spiro atoms. The third-order valence-corrected chi connectivity index (χ3v) is 6.75. The minimum Gasteiger partial charge on any atom is -0.382 e. The van der Waals surface area contributed by atoms with Gasteiger partial charge in [0.25, 0.3) is 0 Å². The summed E-state index contributed by atoms with van der Waals surface area (Å²) in [5.74, 6) is -0.0961. The Morgan fingerprint density at radius 2 is 2.06 bits per heavy atom. The fourth-order valence-corrected chi connectivity index (χ4v) is 4.93. The van der Waals surface area contributed by atoms with E-state index in [0.717, 1.165) is 55.5 Å². The van der Waals surface area contributed by atoms with Crippen LogP contribution in [0.1, 0.15) is 37.8 Å². The molecular weight excluding hydrogens is 464 g/mol. The zero-order valence-corrected chi connectivity index (χ0v) is 20.7. The third-order valence-electron chi connectivity index (χ3n) is 6.75. The van der Waals surface area contributed by atoms with Gasteiger partial charge in [0.15, 0.2) is 5.65 Å². The summed E-state index contributed by atoms with van der Waals surface area (Å²) in [6, 6.07) is 5.28. The maximum absolute atomic E-state index is 14.6. The van der Waals surface area contributed by atoms with Gasteiger partial charge >= 0.3 is 0 Å². The Hall–Kier alpha value is -3.30. The molecular formula is C27H31F2N5O2. The molecule has 0 unspecified atom stereocenters. The van der Waals surface area contributed by atoms with Crippen molar-refractivity contribution in [1.29, 1.82) is 0 Å². The molecule has 36 heavy (non-hydrogen) atoms. The molecule has 1 saturated heterocycles. The number of hydrogen-bond donors (Lipinski definition) is 0. The molecule has 5 rings (SSSR count). The van der Waals surface area contributed by atoms with Crippen LogP contribution < -0.4 is 9.80 Å². The lowest BCUT2D eigenvalue weighted by molar-refractivity contribution is 0.0830. The second-order valence-electron chi connectivity index (χ2n) is 9.13.